The number of amides is 1. The number of aryl methyl sites for hydroxylation is 1. The summed E-state index contributed by atoms with van der Waals surface area (Å²) in [6.45, 7) is 4.91. The zero-order chi connectivity index (χ0) is 14.7. The summed E-state index contributed by atoms with van der Waals surface area (Å²) in [5, 5.41) is 3.99. The summed E-state index contributed by atoms with van der Waals surface area (Å²) in [4.78, 5) is 24.0. The Morgan fingerprint density at radius 3 is 2.85 bits per heavy atom. The maximum absolute atomic E-state index is 11.8. The minimum Gasteiger partial charge on any atom is -0.368 e. The number of nitrogens with one attached hydrogen (secondary N) is 1. The van der Waals surface area contributed by atoms with Gasteiger partial charge < -0.3 is 16.0 Å². The van der Waals surface area contributed by atoms with Gasteiger partial charge in [0.05, 0.1) is 11.9 Å². The van der Waals surface area contributed by atoms with Crippen LogP contribution in [0.3, 0.4) is 0 Å². The summed E-state index contributed by atoms with van der Waals surface area (Å²) < 4.78 is 0. The van der Waals surface area contributed by atoms with Crippen molar-refractivity contribution in [1.82, 2.24) is 14.9 Å². The first kappa shape index (κ1) is 14.5. The highest BCUT2D eigenvalue weighted by Gasteiger charge is 2.12. The third kappa shape index (κ3) is 2.98. The van der Waals surface area contributed by atoms with Crippen molar-refractivity contribution < 1.29 is 4.79 Å². The molecule has 0 bridgehead atoms. The molecule has 108 valence electrons. The van der Waals surface area contributed by atoms with Gasteiger partial charge in [-0.3, -0.25) is 4.79 Å². The van der Waals surface area contributed by atoms with E-state index < -0.39 is 0 Å². The molecular weight excluding hydrogens is 274 g/mol. The van der Waals surface area contributed by atoms with Gasteiger partial charge >= 0.3 is 0 Å². The van der Waals surface area contributed by atoms with E-state index in [9.17, 15) is 4.79 Å². The Hall–Kier alpha value is -1.89. The van der Waals surface area contributed by atoms with Gasteiger partial charge in [0.2, 0.25) is 11.9 Å². The van der Waals surface area contributed by atoms with E-state index in [-0.39, 0.29) is 18.4 Å². The van der Waals surface area contributed by atoms with Crippen LogP contribution in [0.1, 0.15) is 18.7 Å². The second-order valence-corrected chi connectivity index (χ2v) is 5.59. The standard InChI is InChI=1S/C13H19N5OS/c1-4-8-6-9-11(15-7-10(19)18(3)5-2)16-13(14)17-12(9)20-8/h6H,4-5,7H2,1-3H3,(H3,14,15,16,17). The lowest BCUT2D eigenvalue weighted by Crippen LogP contribution is -2.32. The lowest BCUT2D eigenvalue weighted by atomic mass is 10.3. The number of anilines is 2. The molecule has 0 aliphatic heterocycles. The summed E-state index contributed by atoms with van der Waals surface area (Å²) >= 11 is 1.60. The lowest BCUT2D eigenvalue weighted by Gasteiger charge is -2.15. The molecule has 20 heavy (non-hydrogen) atoms. The number of fused-ring (bicyclic) bond motifs is 1. The summed E-state index contributed by atoms with van der Waals surface area (Å²) in [5.74, 6) is 0.867. The molecule has 0 aliphatic rings. The highest BCUT2D eigenvalue weighted by Crippen LogP contribution is 2.29. The molecular formula is C13H19N5OS. The zero-order valence-corrected chi connectivity index (χ0v) is 12.8. The number of hydrogen-bond acceptors (Lipinski definition) is 6. The molecule has 2 rings (SSSR count). The summed E-state index contributed by atoms with van der Waals surface area (Å²) in [7, 11) is 1.77. The number of nitrogens with two attached hydrogens (primary N) is 1. The summed E-state index contributed by atoms with van der Waals surface area (Å²) in [6.07, 6.45) is 0.942. The Balaban J connectivity index is 2.24. The molecule has 3 N–H and O–H groups in total. The van der Waals surface area contributed by atoms with Crippen molar-refractivity contribution in [1.29, 1.82) is 0 Å². The van der Waals surface area contributed by atoms with Crippen molar-refractivity contribution in [2.75, 3.05) is 31.2 Å². The van der Waals surface area contributed by atoms with Crippen LogP contribution in [-0.4, -0.2) is 40.9 Å². The molecule has 0 radical (unpaired) electrons. The lowest BCUT2D eigenvalue weighted by molar-refractivity contribution is -0.127. The van der Waals surface area contributed by atoms with Crippen molar-refractivity contribution in [2.45, 2.75) is 20.3 Å². The minimum absolute atomic E-state index is 0.0174. The Labute approximate surface area is 122 Å². The van der Waals surface area contributed by atoms with Crippen LogP contribution in [0, 0.1) is 0 Å². The van der Waals surface area contributed by atoms with Gasteiger partial charge in [-0.2, -0.15) is 4.98 Å². The molecule has 0 spiro atoms. The smallest absolute Gasteiger partial charge is 0.241 e. The number of carbonyl (C=O) groups is 1. The zero-order valence-electron chi connectivity index (χ0n) is 11.9. The first-order valence-electron chi connectivity index (χ1n) is 6.58. The number of aromatic nitrogens is 2. The average Bonchev–Trinajstić information content (AvgIpc) is 2.86. The number of nitrogens with zero attached hydrogens (tertiary/aromatic N) is 3. The second kappa shape index (κ2) is 6.04. The SMILES string of the molecule is CCc1cc2c(NCC(=O)N(C)CC)nc(N)nc2s1. The van der Waals surface area contributed by atoms with Crippen LogP contribution in [0.15, 0.2) is 6.07 Å². The predicted molar refractivity (Wildman–Crippen MR) is 83.0 cm³/mol. The first-order valence-corrected chi connectivity index (χ1v) is 7.40. The highest BCUT2D eigenvalue weighted by molar-refractivity contribution is 7.18. The fourth-order valence-electron chi connectivity index (χ4n) is 1.77. The number of thiophene rings is 1. The molecule has 0 aliphatic carbocycles. The molecule has 0 aromatic carbocycles. The Kier molecular flexibility index (Phi) is 4.39. The number of hydrogen-bond donors (Lipinski definition) is 2. The summed E-state index contributed by atoms with van der Waals surface area (Å²) in [6, 6.07) is 2.05. The molecule has 6 nitrogen and oxygen atoms in total. The molecule has 1 amide bonds. The van der Waals surface area contributed by atoms with Crippen molar-refractivity contribution >= 4 is 39.2 Å². The third-order valence-corrected chi connectivity index (χ3v) is 4.29. The molecule has 2 aromatic heterocycles. The van der Waals surface area contributed by atoms with Crippen LogP contribution in [0.25, 0.3) is 10.2 Å². The maximum Gasteiger partial charge on any atom is 0.241 e. The van der Waals surface area contributed by atoms with E-state index in [1.807, 2.05) is 6.92 Å². The van der Waals surface area contributed by atoms with E-state index in [0.29, 0.717) is 12.4 Å². The van der Waals surface area contributed by atoms with E-state index in [2.05, 4.69) is 28.3 Å². The predicted octanol–water partition coefficient (Wildman–Crippen LogP) is 1.73. The molecule has 7 heteroatoms. The van der Waals surface area contributed by atoms with Gasteiger partial charge in [0, 0.05) is 18.5 Å². The number of likely N-dealkylation sites (N-methyl/N-ethyl adjacent to an activating group) is 1. The molecule has 0 fully saturated rings. The fraction of sp³-hybridized carbons (Fsp3) is 0.462. The Morgan fingerprint density at radius 1 is 1.45 bits per heavy atom. The normalized spacial score (nSPS) is 10.8. The van der Waals surface area contributed by atoms with Gasteiger partial charge in [0.15, 0.2) is 0 Å². The number of nitrogen functional groups attached to an aromatic ring is 1. The second-order valence-electron chi connectivity index (χ2n) is 4.48. The van der Waals surface area contributed by atoms with E-state index in [1.54, 1.807) is 23.3 Å². The largest absolute Gasteiger partial charge is 0.368 e. The maximum atomic E-state index is 11.8. The third-order valence-electron chi connectivity index (χ3n) is 3.12. The quantitative estimate of drug-likeness (QED) is 0.877. The fourth-order valence-corrected chi connectivity index (χ4v) is 2.74. The van der Waals surface area contributed by atoms with Crippen LogP contribution in [0.2, 0.25) is 0 Å². The Morgan fingerprint density at radius 2 is 2.20 bits per heavy atom. The van der Waals surface area contributed by atoms with Gasteiger partial charge in [-0.15, -0.1) is 11.3 Å². The highest BCUT2D eigenvalue weighted by atomic mass is 32.1. The molecule has 0 saturated carbocycles. The average molecular weight is 293 g/mol. The van der Waals surface area contributed by atoms with Crippen LogP contribution < -0.4 is 11.1 Å². The molecule has 0 unspecified atom stereocenters. The Bertz CT molecular complexity index is 624. The van der Waals surface area contributed by atoms with E-state index in [1.165, 1.54) is 4.88 Å². The van der Waals surface area contributed by atoms with Crippen LogP contribution in [0.4, 0.5) is 11.8 Å². The first-order chi connectivity index (χ1) is 9.55. The van der Waals surface area contributed by atoms with Gasteiger partial charge in [0.25, 0.3) is 0 Å². The number of carbonyl (C=O) groups excluding carboxylic acids is 1. The van der Waals surface area contributed by atoms with Crippen molar-refractivity contribution in [3.05, 3.63) is 10.9 Å². The van der Waals surface area contributed by atoms with Crippen LogP contribution >= 0.6 is 11.3 Å². The van der Waals surface area contributed by atoms with Crippen molar-refractivity contribution in [2.24, 2.45) is 0 Å². The topological polar surface area (TPSA) is 84.1 Å². The molecule has 0 atom stereocenters. The van der Waals surface area contributed by atoms with Crippen molar-refractivity contribution in [3.8, 4) is 0 Å². The number of rotatable bonds is 5. The summed E-state index contributed by atoms with van der Waals surface area (Å²) in [5.41, 5.74) is 5.72. The van der Waals surface area contributed by atoms with Gasteiger partial charge in [-0.1, -0.05) is 6.92 Å². The molecule has 2 aromatic rings. The van der Waals surface area contributed by atoms with E-state index in [4.69, 9.17) is 5.73 Å². The monoisotopic (exact) mass is 293 g/mol. The molecule has 0 saturated heterocycles. The van der Waals surface area contributed by atoms with E-state index >= 15 is 0 Å². The molecule has 2 heterocycles. The van der Waals surface area contributed by atoms with Gasteiger partial charge in [-0.05, 0) is 19.4 Å². The van der Waals surface area contributed by atoms with Crippen LogP contribution in [-0.2, 0) is 11.2 Å². The van der Waals surface area contributed by atoms with Gasteiger partial charge in [-0.25, -0.2) is 4.98 Å². The van der Waals surface area contributed by atoms with E-state index in [0.717, 1.165) is 16.6 Å². The minimum atomic E-state index is 0.0174. The van der Waals surface area contributed by atoms with Gasteiger partial charge in [0.1, 0.15) is 10.6 Å². The van der Waals surface area contributed by atoms with Crippen molar-refractivity contribution in [3.63, 3.8) is 0 Å². The van der Waals surface area contributed by atoms with Crippen LogP contribution in [0.5, 0.6) is 0 Å².